The monoisotopic (exact) mass is 278 g/mol. The summed E-state index contributed by atoms with van der Waals surface area (Å²) in [7, 11) is 0. The van der Waals surface area contributed by atoms with E-state index in [1.54, 1.807) is 0 Å². The molecule has 0 saturated heterocycles. The van der Waals surface area contributed by atoms with Gasteiger partial charge >= 0.3 is 0 Å². The van der Waals surface area contributed by atoms with E-state index in [2.05, 4.69) is 38.0 Å². The molecule has 0 amide bonds. The van der Waals surface area contributed by atoms with E-state index >= 15 is 0 Å². The molecule has 0 radical (unpaired) electrons. The quantitative estimate of drug-likeness (QED) is 0.824. The van der Waals surface area contributed by atoms with Crippen LogP contribution < -0.4 is 0 Å². The highest BCUT2D eigenvalue weighted by Gasteiger charge is 2.17. The van der Waals surface area contributed by atoms with Crippen LogP contribution >= 0.6 is 15.9 Å². The van der Waals surface area contributed by atoms with Crippen molar-refractivity contribution in [3.05, 3.63) is 28.5 Å². The molecule has 1 aliphatic rings. The van der Waals surface area contributed by atoms with Gasteiger partial charge in [-0.05, 0) is 46.8 Å². The summed E-state index contributed by atoms with van der Waals surface area (Å²) in [6, 6.07) is 4.40. The number of aromatic amines is 1. The Morgan fingerprint density at radius 2 is 2.00 bits per heavy atom. The van der Waals surface area contributed by atoms with E-state index in [4.69, 9.17) is 0 Å². The number of hydrogen-bond donors (Lipinski definition) is 1. The molecule has 0 aliphatic heterocycles. The van der Waals surface area contributed by atoms with Crippen LogP contribution in [0.5, 0.6) is 0 Å². The Kier molecular flexibility index (Phi) is 2.72. The molecular formula is C13H15BrN2. The van der Waals surface area contributed by atoms with Crippen molar-refractivity contribution in [3.63, 3.8) is 0 Å². The maximum atomic E-state index is 4.39. The molecule has 2 aromatic heterocycles. The van der Waals surface area contributed by atoms with Crippen LogP contribution in [0.1, 0.15) is 43.7 Å². The Balaban J connectivity index is 1.97. The highest BCUT2D eigenvalue weighted by molar-refractivity contribution is 9.10. The number of hydrogen-bond acceptors (Lipinski definition) is 1. The van der Waals surface area contributed by atoms with E-state index < -0.39 is 0 Å². The largest absolute Gasteiger partial charge is 0.343 e. The number of pyridine rings is 1. The van der Waals surface area contributed by atoms with Gasteiger partial charge in [-0.25, -0.2) is 4.98 Å². The van der Waals surface area contributed by atoms with Crippen molar-refractivity contribution < 1.29 is 0 Å². The fourth-order valence-electron chi connectivity index (χ4n) is 2.64. The lowest BCUT2D eigenvalue weighted by Crippen LogP contribution is -2.04. The molecule has 0 atom stereocenters. The molecule has 0 unspecified atom stereocenters. The van der Waals surface area contributed by atoms with E-state index in [-0.39, 0.29) is 0 Å². The van der Waals surface area contributed by atoms with Crippen LogP contribution in [0, 0.1) is 0 Å². The lowest BCUT2D eigenvalue weighted by Gasteiger charge is -2.20. The molecule has 1 N–H and O–H groups in total. The second-order valence-electron chi connectivity index (χ2n) is 4.65. The summed E-state index contributed by atoms with van der Waals surface area (Å²) >= 11 is 3.46. The zero-order chi connectivity index (χ0) is 11.0. The lowest BCUT2D eigenvalue weighted by molar-refractivity contribution is 0.438. The van der Waals surface area contributed by atoms with Gasteiger partial charge in [0.25, 0.3) is 0 Å². The molecule has 84 valence electrons. The Labute approximate surface area is 104 Å². The lowest BCUT2D eigenvalue weighted by atomic mass is 9.87. The third kappa shape index (κ3) is 1.88. The summed E-state index contributed by atoms with van der Waals surface area (Å²) in [5.74, 6) is 0.724. The molecule has 3 heteroatoms. The Bertz CT molecular complexity index is 498. The van der Waals surface area contributed by atoms with Gasteiger partial charge in [-0.15, -0.1) is 0 Å². The number of aromatic nitrogens is 2. The Morgan fingerprint density at radius 3 is 2.81 bits per heavy atom. The molecule has 0 spiro atoms. The predicted molar refractivity (Wildman–Crippen MR) is 69.6 cm³/mol. The van der Waals surface area contributed by atoms with Gasteiger partial charge in [-0.2, -0.15) is 0 Å². The average molecular weight is 279 g/mol. The number of H-pyrrole nitrogens is 1. The second-order valence-corrected chi connectivity index (χ2v) is 5.57. The normalized spacial score (nSPS) is 18.1. The maximum Gasteiger partial charge on any atom is 0.137 e. The SMILES string of the molecule is Brc1cnc2[nH]c(C3CCCCC3)cc2c1. The molecule has 1 saturated carbocycles. The highest BCUT2D eigenvalue weighted by Crippen LogP contribution is 2.33. The van der Waals surface area contributed by atoms with E-state index in [1.165, 1.54) is 43.2 Å². The zero-order valence-electron chi connectivity index (χ0n) is 9.17. The van der Waals surface area contributed by atoms with Gasteiger partial charge in [-0.1, -0.05) is 19.3 Å². The fourth-order valence-corrected chi connectivity index (χ4v) is 2.99. The van der Waals surface area contributed by atoms with Gasteiger partial charge in [0, 0.05) is 21.7 Å². The first-order valence-electron chi connectivity index (χ1n) is 5.97. The van der Waals surface area contributed by atoms with Crippen molar-refractivity contribution in [2.45, 2.75) is 38.0 Å². The molecule has 3 rings (SSSR count). The molecule has 0 aromatic carbocycles. The summed E-state index contributed by atoms with van der Waals surface area (Å²) in [4.78, 5) is 7.85. The molecule has 16 heavy (non-hydrogen) atoms. The van der Waals surface area contributed by atoms with Crippen LogP contribution in [0.3, 0.4) is 0 Å². The first kappa shape index (κ1) is 10.3. The standard InChI is InChI=1S/C13H15BrN2/c14-11-6-10-7-12(16-13(10)15-8-11)9-4-2-1-3-5-9/h6-9H,1-5H2,(H,15,16). The van der Waals surface area contributed by atoms with Gasteiger partial charge in [0.2, 0.25) is 0 Å². The molecule has 2 heterocycles. The topological polar surface area (TPSA) is 28.7 Å². The fraction of sp³-hybridized carbons (Fsp3) is 0.462. The summed E-state index contributed by atoms with van der Waals surface area (Å²) in [6.07, 6.45) is 8.65. The van der Waals surface area contributed by atoms with Gasteiger partial charge in [-0.3, -0.25) is 0 Å². The summed E-state index contributed by atoms with van der Waals surface area (Å²) < 4.78 is 1.05. The minimum atomic E-state index is 0.724. The minimum absolute atomic E-state index is 0.724. The summed E-state index contributed by atoms with van der Waals surface area (Å²) in [5.41, 5.74) is 2.39. The Morgan fingerprint density at radius 1 is 1.19 bits per heavy atom. The molecule has 2 nitrogen and oxygen atoms in total. The number of nitrogens with zero attached hydrogens (tertiary/aromatic N) is 1. The smallest absolute Gasteiger partial charge is 0.137 e. The average Bonchev–Trinajstić information content (AvgIpc) is 2.73. The second kappa shape index (κ2) is 4.21. The number of nitrogens with one attached hydrogen (secondary N) is 1. The van der Waals surface area contributed by atoms with Gasteiger partial charge < -0.3 is 4.98 Å². The molecule has 2 aromatic rings. The summed E-state index contributed by atoms with van der Waals surface area (Å²) in [6.45, 7) is 0. The van der Waals surface area contributed by atoms with Crippen LogP contribution in [0.4, 0.5) is 0 Å². The first-order valence-corrected chi connectivity index (χ1v) is 6.76. The van der Waals surface area contributed by atoms with Crippen LogP contribution in [0.25, 0.3) is 11.0 Å². The number of fused-ring (bicyclic) bond motifs is 1. The van der Waals surface area contributed by atoms with Gasteiger partial charge in [0.05, 0.1) is 0 Å². The van der Waals surface area contributed by atoms with Crippen molar-refractivity contribution >= 4 is 27.0 Å². The molecule has 0 bridgehead atoms. The predicted octanol–water partition coefficient (Wildman–Crippen LogP) is 4.37. The number of halogens is 1. The van der Waals surface area contributed by atoms with Crippen LogP contribution in [-0.2, 0) is 0 Å². The van der Waals surface area contributed by atoms with E-state index in [9.17, 15) is 0 Å². The van der Waals surface area contributed by atoms with E-state index in [1.807, 2.05) is 6.20 Å². The first-order chi connectivity index (χ1) is 7.83. The Hall–Kier alpha value is -0.830. The van der Waals surface area contributed by atoms with Gasteiger partial charge in [0.15, 0.2) is 0 Å². The summed E-state index contributed by atoms with van der Waals surface area (Å²) in [5, 5.41) is 1.22. The van der Waals surface area contributed by atoms with Crippen molar-refractivity contribution in [2.75, 3.05) is 0 Å². The zero-order valence-corrected chi connectivity index (χ0v) is 10.8. The molecule has 1 fully saturated rings. The van der Waals surface area contributed by atoms with E-state index in [0.29, 0.717) is 0 Å². The van der Waals surface area contributed by atoms with Crippen molar-refractivity contribution in [1.29, 1.82) is 0 Å². The third-order valence-corrected chi connectivity index (χ3v) is 3.94. The molecular weight excluding hydrogens is 264 g/mol. The van der Waals surface area contributed by atoms with Crippen molar-refractivity contribution in [2.24, 2.45) is 0 Å². The minimum Gasteiger partial charge on any atom is -0.343 e. The maximum absolute atomic E-state index is 4.39. The van der Waals surface area contributed by atoms with Gasteiger partial charge in [0.1, 0.15) is 5.65 Å². The molecule has 1 aliphatic carbocycles. The van der Waals surface area contributed by atoms with Crippen LogP contribution in [0.2, 0.25) is 0 Å². The van der Waals surface area contributed by atoms with Crippen molar-refractivity contribution in [3.8, 4) is 0 Å². The van der Waals surface area contributed by atoms with Crippen LogP contribution in [0.15, 0.2) is 22.8 Å². The third-order valence-electron chi connectivity index (χ3n) is 3.50. The number of rotatable bonds is 1. The highest BCUT2D eigenvalue weighted by atomic mass is 79.9. The van der Waals surface area contributed by atoms with Crippen LogP contribution in [-0.4, -0.2) is 9.97 Å². The van der Waals surface area contributed by atoms with Crippen molar-refractivity contribution in [1.82, 2.24) is 9.97 Å². The van der Waals surface area contributed by atoms with E-state index in [0.717, 1.165) is 16.0 Å².